The fraction of sp³-hybridized carbons (Fsp3) is 0.389. The molecule has 26 heavy (non-hydrogen) atoms. The van der Waals surface area contributed by atoms with Crippen LogP contribution in [0.4, 0.5) is 4.79 Å². The Labute approximate surface area is 156 Å². The van der Waals surface area contributed by atoms with Crippen LogP contribution >= 0.6 is 11.3 Å². The zero-order chi connectivity index (χ0) is 19.1. The van der Waals surface area contributed by atoms with Crippen LogP contribution < -0.4 is 10.6 Å². The van der Waals surface area contributed by atoms with Crippen molar-refractivity contribution in [2.75, 3.05) is 13.2 Å². The summed E-state index contributed by atoms with van der Waals surface area (Å²) in [4.78, 5) is 36.9. The van der Waals surface area contributed by atoms with Gasteiger partial charge in [0.2, 0.25) is 0 Å². The van der Waals surface area contributed by atoms with E-state index in [1.54, 1.807) is 13.0 Å². The third kappa shape index (κ3) is 4.95. The largest absolute Gasteiger partial charge is 0.463 e. The molecule has 140 valence electrons. The summed E-state index contributed by atoms with van der Waals surface area (Å²) in [5.41, 5.74) is 1.59. The highest BCUT2D eigenvalue weighted by molar-refractivity contribution is 7.11. The molecule has 0 radical (unpaired) electrons. The summed E-state index contributed by atoms with van der Waals surface area (Å²) in [6.45, 7) is 5.48. The van der Waals surface area contributed by atoms with Crippen LogP contribution in [-0.2, 0) is 19.1 Å². The molecular formula is C18H22N2O5S. The quantitative estimate of drug-likeness (QED) is 0.562. The van der Waals surface area contributed by atoms with E-state index in [-0.39, 0.29) is 24.5 Å². The Kier molecular flexibility index (Phi) is 6.97. The minimum absolute atomic E-state index is 0.211. The van der Waals surface area contributed by atoms with E-state index in [9.17, 15) is 14.4 Å². The molecule has 0 bridgehead atoms. The molecule has 0 aromatic carbocycles. The summed E-state index contributed by atoms with van der Waals surface area (Å²) < 4.78 is 10.2. The number of hydrogen-bond acceptors (Lipinski definition) is 6. The predicted molar refractivity (Wildman–Crippen MR) is 98.5 cm³/mol. The standard InChI is InChI=1S/C18H22N2O5S/c1-4-12-16(17(22)24-5-2)13(20-18(23)19-12)10-25-15(21)7-6-14-11(3)8-9-26-14/h6-9,12H,4-5,10H2,1-3H3,(H2,19,20,23)/b7-6+/t12-/m1/s1. The van der Waals surface area contributed by atoms with Crippen molar-refractivity contribution >= 4 is 35.4 Å². The lowest BCUT2D eigenvalue weighted by Crippen LogP contribution is -2.51. The van der Waals surface area contributed by atoms with E-state index in [0.717, 1.165) is 10.4 Å². The molecule has 7 nitrogen and oxygen atoms in total. The Morgan fingerprint density at radius 3 is 2.69 bits per heavy atom. The van der Waals surface area contributed by atoms with Crippen LogP contribution in [0.25, 0.3) is 6.08 Å². The molecule has 1 aliphatic heterocycles. The van der Waals surface area contributed by atoms with Gasteiger partial charge in [-0.3, -0.25) is 0 Å². The lowest BCUT2D eigenvalue weighted by atomic mass is 10.0. The normalized spacial score (nSPS) is 17.0. The Balaban J connectivity index is 2.11. The number of ether oxygens (including phenoxy) is 2. The number of carbonyl (C=O) groups is 3. The van der Waals surface area contributed by atoms with E-state index >= 15 is 0 Å². The summed E-state index contributed by atoms with van der Waals surface area (Å²) in [5.74, 6) is -1.10. The Bertz CT molecular complexity index is 751. The molecule has 1 aromatic rings. The number of urea groups is 1. The average Bonchev–Trinajstić information content (AvgIpc) is 3.02. The van der Waals surface area contributed by atoms with Gasteiger partial charge in [-0.15, -0.1) is 11.3 Å². The smallest absolute Gasteiger partial charge is 0.338 e. The van der Waals surface area contributed by atoms with Crippen molar-refractivity contribution in [2.45, 2.75) is 33.2 Å². The second kappa shape index (κ2) is 9.19. The van der Waals surface area contributed by atoms with Gasteiger partial charge in [0.1, 0.15) is 6.61 Å². The molecule has 1 atom stereocenters. The highest BCUT2D eigenvalue weighted by Gasteiger charge is 2.31. The molecule has 0 saturated heterocycles. The molecule has 2 amide bonds. The van der Waals surface area contributed by atoms with Crippen molar-refractivity contribution in [2.24, 2.45) is 0 Å². The number of esters is 2. The van der Waals surface area contributed by atoms with Crippen LogP contribution in [0.1, 0.15) is 30.7 Å². The zero-order valence-electron chi connectivity index (χ0n) is 15.0. The van der Waals surface area contributed by atoms with Gasteiger partial charge in [0, 0.05) is 11.0 Å². The highest BCUT2D eigenvalue weighted by Crippen LogP contribution is 2.18. The number of hydrogen-bond donors (Lipinski definition) is 2. The summed E-state index contributed by atoms with van der Waals surface area (Å²) in [5, 5.41) is 7.13. The number of carbonyl (C=O) groups excluding carboxylic acids is 3. The van der Waals surface area contributed by atoms with Crippen molar-refractivity contribution in [3.8, 4) is 0 Å². The average molecular weight is 378 g/mol. The van der Waals surface area contributed by atoms with Gasteiger partial charge in [0.25, 0.3) is 0 Å². The van der Waals surface area contributed by atoms with Crippen molar-refractivity contribution < 1.29 is 23.9 Å². The Morgan fingerprint density at radius 2 is 2.08 bits per heavy atom. The van der Waals surface area contributed by atoms with Gasteiger partial charge in [-0.25, -0.2) is 14.4 Å². The maximum atomic E-state index is 12.2. The van der Waals surface area contributed by atoms with E-state index in [0.29, 0.717) is 6.42 Å². The van der Waals surface area contributed by atoms with Crippen LogP contribution in [0, 0.1) is 6.92 Å². The predicted octanol–water partition coefficient (Wildman–Crippen LogP) is 2.52. The molecule has 2 heterocycles. The number of nitrogens with one attached hydrogen (secondary N) is 2. The fourth-order valence-electron chi connectivity index (χ4n) is 2.47. The highest BCUT2D eigenvalue weighted by atomic mass is 32.1. The van der Waals surface area contributed by atoms with Crippen LogP contribution in [0.15, 0.2) is 28.8 Å². The summed E-state index contributed by atoms with van der Waals surface area (Å²) in [6, 6.07) is 1.03. The Morgan fingerprint density at radius 1 is 1.31 bits per heavy atom. The van der Waals surface area contributed by atoms with Crippen molar-refractivity contribution in [1.29, 1.82) is 0 Å². The first-order valence-electron chi connectivity index (χ1n) is 8.32. The lowest BCUT2D eigenvalue weighted by Gasteiger charge is -2.28. The number of thiophene rings is 1. The van der Waals surface area contributed by atoms with Crippen LogP contribution in [0.3, 0.4) is 0 Å². The summed E-state index contributed by atoms with van der Waals surface area (Å²) in [7, 11) is 0. The maximum absolute atomic E-state index is 12.2. The van der Waals surface area contributed by atoms with E-state index < -0.39 is 24.0 Å². The van der Waals surface area contributed by atoms with Gasteiger partial charge in [-0.1, -0.05) is 6.92 Å². The van der Waals surface area contributed by atoms with Gasteiger partial charge in [-0.05, 0) is 43.4 Å². The Hall–Kier alpha value is -2.61. The van der Waals surface area contributed by atoms with Crippen molar-refractivity contribution in [1.82, 2.24) is 10.6 Å². The second-order valence-corrected chi connectivity index (χ2v) is 6.53. The number of aryl methyl sites for hydroxylation is 1. The third-order valence-electron chi connectivity index (χ3n) is 3.78. The van der Waals surface area contributed by atoms with Gasteiger partial charge in [-0.2, -0.15) is 0 Å². The first kappa shape index (κ1) is 19.7. The molecule has 2 N–H and O–H groups in total. The van der Waals surface area contributed by atoms with Crippen LogP contribution in [-0.4, -0.2) is 37.2 Å². The van der Waals surface area contributed by atoms with E-state index in [2.05, 4.69) is 10.6 Å². The lowest BCUT2D eigenvalue weighted by molar-refractivity contribution is -0.140. The van der Waals surface area contributed by atoms with Gasteiger partial charge in [0.15, 0.2) is 0 Å². The minimum Gasteiger partial charge on any atom is -0.463 e. The molecule has 0 aliphatic carbocycles. The zero-order valence-corrected chi connectivity index (χ0v) is 15.8. The molecule has 2 rings (SSSR count). The second-order valence-electron chi connectivity index (χ2n) is 5.58. The summed E-state index contributed by atoms with van der Waals surface area (Å²) in [6.07, 6.45) is 3.51. The molecule has 8 heteroatoms. The maximum Gasteiger partial charge on any atom is 0.338 e. The first-order valence-corrected chi connectivity index (χ1v) is 9.20. The minimum atomic E-state index is -0.561. The first-order chi connectivity index (χ1) is 12.5. The van der Waals surface area contributed by atoms with Crippen molar-refractivity contribution in [3.05, 3.63) is 39.2 Å². The molecular weight excluding hydrogens is 356 g/mol. The molecule has 0 unspecified atom stereocenters. The molecule has 0 fully saturated rings. The molecule has 1 aromatic heterocycles. The van der Waals surface area contributed by atoms with E-state index in [1.807, 2.05) is 25.3 Å². The summed E-state index contributed by atoms with van der Waals surface area (Å²) >= 11 is 1.52. The van der Waals surface area contributed by atoms with Gasteiger partial charge < -0.3 is 20.1 Å². The topological polar surface area (TPSA) is 93.7 Å². The molecule has 0 saturated carbocycles. The monoisotopic (exact) mass is 378 g/mol. The number of amides is 2. The number of rotatable bonds is 7. The van der Waals surface area contributed by atoms with Gasteiger partial charge >= 0.3 is 18.0 Å². The third-order valence-corrected chi connectivity index (χ3v) is 4.76. The van der Waals surface area contributed by atoms with Crippen LogP contribution in [0.5, 0.6) is 0 Å². The fourth-order valence-corrected chi connectivity index (χ4v) is 3.29. The molecule has 1 aliphatic rings. The van der Waals surface area contributed by atoms with Crippen molar-refractivity contribution in [3.63, 3.8) is 0 Å². The van der Waals surface area contributed by atoms with Crippen LogP contribution in [0.2, 0.25) is 0 Å². The molecule has 0 spiro atoms. The SMILES string of the molecule is CCOC(=O)C1=C(COC(=O)/C=C/c2sccc2C)NC(=O)N[C@@H]1CC. The van der Waals surface area contributed by atoms with E-state index in [1.165, 1.54) is 17.4 Å². The van der Waals surface area contributed by atoms with Gasteiger partial charge in [0.05, 0.1) is 23.9 Å². The van der Waals surface area contributed by atoms with E-state index in [4.69, 9.17) is 9.47 Å².